The first-order valence-corrected chi connectivity index (χ1v) is 7.18. The second kappa shape index (κ2) is 8.08. The van der Waals surface area contributed by atoms with Crippen molar-refractivity contribution in [1.29, 1.82) is 0 Å². The Bertz CT molecular complexity index is 170. The fraction of sp³-hybridized carbons (Fsp3) is 1.00. The molecule has 0 radical (unpaired) electrons. The van der Waals surface area contributed by atoms with Crippen LogP contribution in [0.1, 0.15) is 52.4 Å². The van der Waals surface area contributed by atoms with E-state index in [1.165, 1.54) is 58.2 Å². The first-order chi connectivity index (χ1) is 7.76. The van der Waals surface area contributed by atoms with Crippen molar-refractivity contribution in [2.75, 3.05) is 26.2 Å². The molecule has 2 unspecified atom stereocenters. The molecule has 1 heterocycles. The molecule has 1 saturated heterocycles. The van der Waals surface area contributed by atoms with Gasteiger partial charge in [0, 0.05) is 0 Å². The molecule has 1 rings (SSSR count). The zero-order chi connectivity index (χ0) is 11.8. The van der Waals surface area contributed by atoms with Crippen LogP contribution in [-0.2, 0) is 0 Å². The van der Waals surface area contributed by atoms with Gasteiger partial charge < -0.3 is 10.6 Å². The van der Waals surface area contributed by atoms with E-state index < -0.39 is 0 Å². The number of nitrogens with zero attached hydrogens (tertiary/aromatic N) is 1. The van der Waals surface area contributed by atoms with Gasteiger partial charge in [-0.1, -0.05) is 20.3 Å². The Morgan fingerprint density at radius 3 is 2.81 bits per heavy atom. The molecule has 0 aromatic heterocycles. The van der Waals surface area contributed by atoms with Crippen molar-refractivity contribution in [3.05, 3.63) is 0 Å². The fourth-order valence-electron chi connectivity index (χ4n) is 2.64. The van der Waals surface area contributed by atoms with Gasteiger partial charge in [-0.25, -0.2) is 0 Å². The molecule has 0 saturated carbocycles. The summed E-state index contributed by atoms with van der Waals surface area (Å²) in [5.41, 5.74) is 5.64. The number of hydrogen-bond donors (Lipinski definition) is 1. The third kappa shape index (κ3) is 5.31. The van der Waals surface area contributed by atoms with Crippen LogP contribution in [0.15, 0.2) is 0 Å². The standard InChI is InChI=1S/C14H30N2/c1-3-14-7-5-10-16(11-8-14)9-4-6-13(2)12-15/h13-14H,3-12,15H2,1-2H3. The van der Waals surface area contributed by atoms with E-state index in [9.17, 15) is 0 Å². The lowest BCUT2D eigenvalue weighted by atomic mass is 9.98. The van der Waals surface area contributed by atoms with Crippen molar-refractivity contribution in [2.24, 2.45) is 17.6 Å². The van der Waals surface area contributed by atoms with E-state index >= 15 is 0 Å². The number of hydrogen-bond acceptors (Lipinski definition) is 2. The molecule has 0 spiro atoms. The molecule has 2 N–H and O–H groups in total. The van der Waals surface area contributed by atoms with Crippen LogP contribution in [0.3, 0.4) is 0 Å². The Hall–Kier alpha value is -0.0800. The molecule has 2 nitrogen and oxygen atoms in total. The van der Waals surface area contributed by atoms with Crippen LogP contribution in [0.5, 0.6) is 0 Å². The van der Waals surface area contributed by atoms with Crippen molar-refractivity contribution in [3.63, 3.8) is 0 Å². The molecule has 1 aliphatic rings. The highest BCUT2D eigenvalue weighted by atomic mass is 15.1. The maximum atomic E-state index is 5.64. The molecular formula is C14H30N2. The average molecular weight is 226 g/mol. The van der Waals surface area contributed by atoms with Gasteiger partial charge in [-0.3, -0.25) is 0 Å². The van der Waals surface area contributed by atoms with Crippen LogP contribution in [0.4, 0.5) is 0 Å². The van der Waals surface area contributed by atoms with Crippen molar-refractivity contribution >= 4 is 0 Å². The Balaban J connectivity index is 2.12. The van der Waals surface area contributed by atoms with Gasteiger partial charge in [0.1, 0.15) is 0 Å². The monoisotopic (exact) mass is 226 g/mol. The van der Waals surface area contributed by atoms with Gasteiger partial charge in [-0.05, 0) is 70.1 Å². The lowest BCUT2D eigenvalue weighted by molar-refractivity contribution is 0.268. The SMILES string of the molecule is CCC1CCCN(CCCC(C)CN)CC1. The van der Waals surface area contributed by atoms with Crippen molar-refractivity contribution in [1.82, 2.24) is 4.90 Å². The normalized spacial score (nSPS) is 25.3. The van der Waals surface area contributed by atoms with E-state index in [2.05, 4.69) is 18.7 Å². The largest absolute Gasteiger partial charge is 0.330 e. The van der Waals surface area contributed by atoms with Crippen LogP contribution < -0.4 is 5.73 Å². The van der Waals surface area contributed by atoms with Crippen molar-refractivity contribution < 1.29 is 0 Å². The van der Waals surface area contributed by atoms with Crippen molar-refractivity contribution in [2.45, 2.75) is 52.4 Å². The number of likely N-dealkylation sites (tertiary alicyclic amines) is 1. The Labute approximate surface area is 102 Å². The van der Waals surface area contributed by atoms with E-state index in [-0.39, 0.29) is 0 Å². The van der Waals surface area contributed by atoms with Gasteiger partial charge in [0.15, 0.2) is 0 Å². The van der Waals surface area contributed by atoms with Crippen LogP contribution >= 0.6 is 0 Å². The summed E-state index contributed by atoms with van der Waals surface area (Å²) in [4.78, 5) is 2.67. The summed E-state index contributed by atoms with van der Waals surface area (Å²) in [6.07, 6.45) is 8.28. The predicted molar refractivity (Wildman–Crippen MR) is 71.5 cm³/mol. The van der Waals surface area contributed by atoms with Gasteiger partial charge in [0.05, 0.1) is 0 Å². The van der Waals surface area contributed by atoms with Gasteiger partial charge in [0.2, 0.25) is 0 Å². The average Bonchev–Trinajstić information content (AvgIpc) is 2.54. The van der Waals surface area contributed by atoms with E-state index in [4.69, 9.17) is 5.73 Å². The van der Waals surface area contributed by atoms with Crippen LogP contribution in [0.25, 0.3) is 0 Å². The summed E-state index contributed by atoms with van der Waals surface area (Å²) in [5, 5.41) is 0. The summed E-state index contributed by atoms with van der Waals surface area (Å²) >= 11 is 0. The summed E-state index contributed by atoms with van der Waals surface area (Å²) in [6, 6.07) is 0. The number of nitrogens with two attached hydrogens (primary N) is 1. The lowest BCUT2D eigenvalue weighted by Crippen LogP contribution is -2.26. The predicted octanol–water partition coefficient (Wildman–Crippen LogP) is 2.87. The molecule has 2 atom stereocenters. The molecule has 96 valence electrons. The number of rotatable bonds is 6. The molecule has 1 aliphatic heterocycles. The third-order valence-corrected chi connectivity index (χ3v) is 4.09. The second-order valence-corrected chi connectivity index (χ2v) is 5.53. The Kier molecular flexibility index (Phi) is 7.06. The lowest BCUT2D eigenvalue weighted by Gasteiger charge is -2.20. The van der Waals surface area contributed by atoms with Crippen LogP contribution in [-0.4, -0.2) is 31.1 Å². The van der Waals surface area contributed by atoms with Gasteiger partial charge in [-0.15, -0.1) is 0 Å². The maximum Gasteiger partial charge on any atom is -0.00161 e. The smallest absolute Gasteiger partial charge is 0.00161 e. The van der Waals surface area contributed by atoms with Gasteiger partial charge in [0.25, 0.3) is 0 Å². The summed E-state index contributed by atoms with van der Waals surface area (Å²) in [5.74, 6) is 1.70. The zero-order valence-electron chi connectivity index (χ0n) is 11.3. The molecule has 1 fully saturated rings. The fourth-order valence-corrected chi connectivity index (χ4v) is 2.64. The van der Waals surface area contributed by atoms with Gasteiger partial charge >= 0.3 is 0 Å². The minimum atomic E-state index is 0.704. The zero-order valence-corrected chi connectivity index (χ0v) is 11.3. The highest BCUT2D eigenvalue weighted by molar-refractivity contribution is 4.69. The third-order valence-electron chi connectivity index (χ3n) is 4.09. The van der Waals surface area contributed by atoms with Crippen molar-refractivity contribution in [3.8, 4) is 0 Å². The summed E-state index contributed by atoms with van der Waals surface area (Å²) < 4.78 is 0. The van der Waals surface area contributed by atoms with E-state index in [0.29, 0.717) is 5.92 Å². The highest BCUT2D eigenvalue weighted by Crippen LogP contribution is 2.20. The Morgan fingerprint density at radius 1 is 1.31 bits per heavy atom. The topological polar surface area (TPSA) is 29.3 Å². The molecule has 0 amide bonds. The molecule has 2 heteroatoms. The molecular weight excluding hydrogens is 196 g/mol. The van der Waals surface area contributed by atoms with E-state index in [1.54, 1.807) is 0 Å². The van der Waals surface area contributed by atoms with E-state index in [0.717, 1.165) is 12.5 Å². The summed E-state index contributed by atoms with van der Waals surface area (Å²) in [6.45, 7) is 9.39. The highest BCUT2D eigenvalue weighted by Gasteiger charge is 2.15. The molecule has 0 aromatic rings. The van der Waals surface area contributed by atoms with E-state index in [1.807, 2.05) is 0 Å². The molecule has 0 aromatic carbocycles. The van der Waals surface area contributed by atoms with Gasteiger partial charge in [-0.2, -0.15) is 0 Å². The summed E-state index contributed by atoms with van der Waals surface area (Å²) in [7, 11) is 0. The quantitative estimate of drug-likeness (QED) is 0.754. The second-order valence-electron chi connectivity index (χ2n) is 5.53. The first-order valence-electron chi connectivity index (χ1n) is 7.18. The molecule has 0 bridgehead atoms. The minimum absolute atomic E-state index is 0.704. The van der Waals surface area contributed by atoms with Crippen LogP contribution in [0.2, 0.25) is 0 Å². The Morgan fingerprint density at radius 2 is 2.12 bits per heavy atom. The molecule has 16 heavy (non-hydrogen) atoms. The maximum absolute atomic E-state index is 5.64. The first kappa shape index (κ1) is 14.0. The molecule has 0 aliphatic carbocycles. The minimum Gasteiger partial charge on any atom is -0.330 e. The van der Waals surface area contributed by atoms with Crippen LogP contribution in [0, 0.1) is 11.8 Å².